The molecule has 0 amide bonds. The number of hydrogen-bond acceptors (Lipinski definition) is 6. The standard InChI is InChI=1S/C33H20ClFN6O2S2/c1-19-6-10-24(11-7-19)45(42,43)41-29-13-9-23(35)18-27(29)30(26-14-15-44-33(26)36-2)31(41)21-5-3-4-20(16-21)25-12-8-22(17-28(25)34)32-37-39-40-38-32/h3-18H,1H3,(H,37,38,39,40). The number of thiophene rings is 1. The molecule has 0 aliphatic carbocycles. The summed E-state index contributed by atoms with van der Waals surface area (Å²) >= 11 is 7.99. The van der Waals surface area contributed by atoms with Gasteiger partial charge in [0.1, 0.15) is 5.82 Å². The number of halogens is 2. The van der Waals surface area contributed by atoms with Crippen molar-refractivity contribution in [3.05, 3.63) is 124 Å². The van der Waals surface area contributed by atoms with Gasteiger partial charge in [-0.05, 0) is 65.5 Å². The lowest BCUT2D eigenvalue weighted by Crippen LogP contribution is -2.14. The fourth-order valence-corrected chi connectivity index (χ4v) is 7.94. The topological polar surface area (TPSA) is 97.9 Å². The van der Waals surface area contributed by atoms with Crippen LogP contribution in [0.3, 0.4) is 0 Å². The molecule has 7 aromatic rings. The lowest BCUT2D eigenvalue weighted by molar-refractivity contribution is 0.589. The predicted octanol–water partition coefficient (Wildman–Crippen LogP) is 8.77. The van der Waals surface area contributed by atoms with E-state index in [0.29, 0.717) is 54.7 Å². The van der Waals surface area contributed by atoms with Gasteiger partial charge in [0.25, 0.3) is 10.0 Å². The summed E-state index contributed by atoms with van der Waals surface area (Å²) in [5.74, 6) is -0.131. The molecule has 1 N–H and O–H groups in total. The third-order valence-electron chi connectivity index (χ3n) is 7.48. The molecule has 0 aliphatic heterocycles. The Labute approximate surface area is 266 Å². The van der Waals surface area contributed by atoms with E-state index in [0.717, 1.165) is 11.1 Å². The first-order valence-corrected chi connectivity index (χ1v) is 16.2. The van der Waals surface area contributed by atoms with E-state index in [1.165, 1.54) is 33.5 Å². The molecule has 220 valence electrons. The second kappa shape index (κ2) is 11.1. The predicted molar refractivity (Wildman–Crippen MR) is 174 cm³/mol. The van der Waals surface area contributed by atoms with E-state index in [9.17, 15) is 12.8 Å². The minimum absolute atomic E-state index is 0.0779. The molecule has 7 rings (SSSR count). The van der Waals surface area contributed by atoms with E-state index in [4.69, 9.17) is 18.2 Å². The van der Waals surface area contributed by atoms with Gasteiger partial charge in [0.2, 0.25) is 10.8 Å². The van der Waals surface area contributed by atoms with E-state index in [1.807, 2.05) is 37.3 Å². The molecule has 0 saturated carbocycles. The van der Waals surface area contributed by atoms with Crippen LogP contribution in [0, 0.1) is 19.3 Å². The van der Waals surface area contributed by atoms with Crippen LogP contribution in [0.1, 0.15) is 5.56 Å². The normalized spacial score (nSPS) is 11.6. The molecule has 8 nitrogen and oxygen atoms in total. The summed E-state index contributed by atoms with van der Waals surface area (Å²) in [5, 5.41) is 17.0. The van der Waals surface area contributed by atoms with Crippen molar-refractivity contribution in [3.63, 3.8) is 0 Å². The quantitative estimate of drug-likeness (QED) is 0.181. The van der Waals surface area contributed by atoms with Crippen LogP contribution >= 0.6 is 22.9 Å². The smallest absolute Gasteiger partial charge is 0.233 e. The lowest BCUT2D eigenvalue weighted by atomic mass is 9.96. The van der Waals surface area contributed by atoms with Crippen molar-refractivity contribution in [3.8, 4) is 44.9 Å². The first-order chi connectivity index (χ1) is 21.8. The van der Waals surface area contributed by atoms with E-state index >= 15 is 0 Å². The maximum atomic E-state index is 14.9. The molecular formula is C33H20ClFN6O2S2. The average Bonchev–Trinajstić information content (AvgIpc) is 3.80. The van der Waals surface area contributed by atoms with Crippen molar-refractivity contribution in [2.45, 2.75) is 11.8 Å². The molecule has 0 spiro atoms. The van der Waals surface area contributed by atoms with Crippen molar-refractivity contribution in [1.82, 2.24) is 24.6 Å². The molecule has 0 bridgehead atoms. The van der Waals surface area contributed by atoms with Crippen molar-refractivity contribution in [1.29, 1.82) is 0 Å². The number of aryl methyl sites for hydroxylation is 1. The third kappa shape index (κ3) is 4.89. The summed E-state index contributed by atoms with van der Waals surface area (Å²) in [5.41, 5.74) is 5.09. The number of tetrazole rings is 1. The Morgan fingerprint density at radius 2 is 1.73 bits per heavy atom. The Morgan fingerprint density at radius 1 is 0.933 bits per heavy atom. The second-order valence-corrected chi connectivity index (χ2v) is 13.3. The number of nitrogens with one attached hydrogen (secondary N) is 1. The lowest BCUT2D eigenvalue weighted by Gasteiger charge is -2.15. The Morgan fingerprint density at radius 3 is 2.47 bits per heavy atom. The molecule has 0 fully saturated rings. The van der Waals surface area contributed by atoms with Crippen LogP contribution in [0.4, 0.5) is 9.39 Å². The summed E-state index contributed by atoms with van der Waals surface area (Å²) in [6.07, 6.45) is 0. The highest BCUT2D eigenvalue weighted by molar-refractivity contribution is 7.90. The number of nitrogens with zero attached hydrogens (tertiary/aromatic N) is 5. The van der Waals surface area contributed by atoms with Gasteiger partial charge in [0.05, 0.1) is 22.7 Å². The van der Waals surface area contributed by atoms with Gasteiger partial charge in [-0.2, -0.15) is 16.6 Å². The van der Waals surface area contributed by atoms with Gasteiger partial charge in [-0.15, -0.1) is 10.2 Å². The van der Waals surface area contributed by atoms with Crippen molar-refractivity contribution < 1.29 is 12.8 Å². The highest BCUT2D eigenvalue weighted by atomic mass is 35.5. The molecule has 12 heteroatoms. The number of aromatic nitrogens is 5. The molecule has 3 heterocycles. The fourth-order valence-electron chi connectivity index (χ4n) is 5.42. The summed E-state index contributed by atoms with van der Waals surface area (Å²) in [6, 6.07) is 25.1. The first-order valence-electron chi connectivity index (χ1n) is 13.5. The van der Waals surface area contributed by atoms with Crippen molar-refractivity contribution in [2.24, 2.45) is 0 Å². The second-order valence-electron chi connectivity index (χ2n) is 10.2. The number of fused-ring (bicyclic) bond motifs is 1. The summed E-state index contributed by atoms with van der Waals surface area (Å²) in [4.78, 5) is 3.78. The van der Waals surface area contributed by atoms with Gasteiger partial charge < -0.3 is 0 Å². The van der Waals surface area contributed by atoms with Crippen molar-refractivity contribution in [2.75, 3.05) is 0 Å². The van der Waals surface area contributed by atoms with Gasteiger partial charge in [-0.1, -0.05) is 65.7 Å². The molecule has 0 saturated heterocycles. The van der Waals surface area contributed by atoms with E-state index < -0.39 is 15.8 Å². The number of benzene rings is 4. The van der Waals surface area contributed by atoms with Crippen LogP contribution in [0.15, 0.2) is 101 Å². The maximum Gasteiger partial charge on any atom is 0.268 e. The number of aromatic amines is 1. The third-order valence-corrected chi connectivity index (χ3v) is 10.3. The molecule has 0 aliphatic rings. The molecule has 3 aromatic heterocycles. The van der Waals surface area contributed by atoms with Crippen molar-refractivity contribution >= 4 is 48.9 Å². The Kier molecular flexibility index (Phi) is 7.05. The van der Waals surface area contributed by atoms with E-state index in [-0.39, 0.29) is 10.4 Å². The van der Waals surface area contributed by atoms with Gasteiger partial charge in [0, 0.05) is 38.2 Å². The van der Waals surface area contributed by atoms with Crippen LogP contribution in [0.2, 0.25) is 5.02 Å². The summed E-state index contributed by atoms with van der Waals surface area (Å²) in [7, 11) is -4.21. The minimum Gasteiger partial charge on any atom is -0.233 e. The zero-order valence-electron chi connectivity index (χ0n) is 23.4. The SMILES string of the molecule is [C-]#[N+]c1sccc1-c1c(-c2cccc(-c3ccc(-c4nn[nH]n4)cc3Cl)c2)n(S(=O)(=O)c2ccc(C)cc2)c2ccc(F)cc12. The molecule has 45 heavy (non-hydrogen) atoms. The van der Waals surface area contributed by atoms with E-state index in [1.54, 1.807) is 47.8 Å². The minimum atomic E-state index is -4.21. The fraction of sp³-hybridized carbons (Fsp3) is 0.0303. The molecule has 0 radical (unpaired) electrons. The molecular weight excluding hydrogens is 631 g/mol. The van der Waals surface area contributed by atoms with Gasteiger partial charge in [0.15, 0.2) is 0 Å². The van der Waals surface area contributed by atoms with Crippen LogP contribution in [-0.4, -0.2) is 33.0 Å². The largest absolute Gasteiger partial charge is 0.268 e. The average molecular weight is 651 g/mol. The Hall–Kier alpha value is -5.15. The number of hydrogen-bond donors (Lipinski definition) is 1. The van der Waals surface area contributed by atoms with Gasteiger partial charge in [-0.3, -0.25) is 0 Å². The molecule has 0 atom stereocenters. The van der Waals surface area contributed by atoms with Crippen LogP contribution in [0.5, 0.6) is 0 Å². The van der Waals surface area contributed by atoms with Crippen LogP contribution < -0.4 is 0 Å². The number of rotatable bonds is 6. The molecule has 0 unspecified atom stereocenters. The summed E-state index contributed by atoms with van der Waals surface area (Å²) < 4.78 is 45.1. The van der Waals surface area contributed by atoms with Crippen LogP contribution in [-0.2, 0) is 10.0 Å². The van der Waals surface area contributed by atoms with Gasteiger partial charge >= 0.3 is 0 Å². The highest BCUT2D eigenvalue weighted by Gasteiger charge is 2.30. The highest BCUT2D eigenvalue weighted by Crippen LogP contribution is 2.48. The van der Waals surface area contributed by atoms with Gasteiger partial charge in [-0.25, -0.2) is 21.6 Å². The number of H-pyrrole nitrogens is 1. The zero-order chi connectivity index (χ0) is 31.3. The van der Waals surface area contributed by atoms with E-state index in [2.05, 4.69) is 25.5 Å². The maximum absolute atomic E-state index is 14.9. The Balaban J connectivity index is 1.53. The molecule has 4 aromatic carbocycles. The zero-order valence-corrected chi connectivity index (χ0v) is 25.8. The van der Waals surface area contributed by atoms with Crippen LogP contribution in [0.25, 0.3) is 60.6 Å². The summed E-state index contributed by atoms with van der Waals surface area (Å²) in [6.45, 7) is 9.68. The first kappa shape index (κ1) is 28.6. The Bertz CT molecular complexity index is 2390. The monoisotopic (exact) mass is 650 g/mol.